The van der Waals surface area contributed by atoms with E-state index in [0.717, 1.165) is 23.8 Å². The highest BCUT2D eigenvalue weighted by atomic mass is 35.5. The Morgan fingerprint density at radius 2 is 1.90 bits per heavy atom. The van der Waals surface area contributed by atoms with Crippen LogP contribution >= 0.6 is 11.6 Å². The highest BCUT2D eigenvalue weighted by Crippen LogP contribution is 2.42. The number of nitrogens with zero attached hydrogens (tertiary/aromatic N) is 8. The van der Waals surface area contributed by atoms with E-state index in [2.05, 4.69) is 15.4 Å². The number of alkyl halides is 3. The molecule has 5 aromatic rings. The van der Waals surface area contributed by atoms with Gasteiger partial charge in [-0.25, -0.2) is 4.98 Å². The molecule has 18 heteroatoms. The van der Waals surface area contributed by atoms with Crippen LogP contribution in [0.15, 0.2) is 53.6 Å². The number of halogens is 4. The van der Waals surface area contributed by atoms with E-state index in [1.54, 1.807) is 21.7 Å². The van der Waals surface area contributed by atoms with Gasteiger partial charge in [0, 0.05) is 44.5 Å². The number of nitrogens with one attached hydrogen (secondary N) is 1. The molecule has 7 heterocycles. The molecule has 52 heavy (non-hydrogen) atoms. The second kappa shape index (κ2) is 12.7. The largest absolute Gasteiger partial charge is 0.506 e. The molecule has 0 spiro atoms. The van der Waals surface area contributed by atoms with Crippen molar-refractivity contribution in [2.45, 2.75) is 37.9 Å². The van der Waals surface area contributed by atoms with Crippen molar-refractivity contribution < 1.29 is 32.6 Å². The van der Waals surface area contributed by atoms with E-state index in [0.29, 0.717) is 42.5 Å². The normalized spacial score (nSPS) is 19.3. The minimum atomic E-state index is -4.61. The Morgan fingerprint density at radius 3 is 2.62 bits per heavy atom. The molecule has 270 valence electrons. The molecule has 4 aromatic heterocycles. The van der Waals surface area contributed by atoms with E-state index in [4.69, 9.17) is 21.3 Å². The van der Waals surface area contributed by atoms with Crippen molar-refractivity contribution in [3.05, 3.63) is 87.0 Å². The molecule has 8 rings (SSSR count). The van der Waals surface area contributed by atoms with Gasteiger partial charge in [-0.3, -0.25) is 23.4 Å². The number of fused-ring (bicyclic) bond motifs is 4. The molecule has 3 aliphatic heterocycles. The summed E-state index contributed by atoms with van der Waals surface area (Å²) in [6.45, 7) is 3.66. The smallest absolute Gasteiger partial charge is 0.416 e. The van der Waals surface area contributed by atoms with Gasteiger partial charge in [0.05, 0.1) is 35.2 Å². The lowest BCUT2D eigenvalue weighted by Gasteiger charge is -2.37. The van der Waals surface area contributed by atoms with Gasteiger partial charge >= 0.3 is 6.18 Å². The summed E-state index contributed by atoms with van der Waals surface area (Å²) in [5, 5.41) is 17.6. The highest BCUT2D eigenvalue weighted by molar-refractivity contribution is 6.33. The summed E-state index contributed by atoms with van der Waals surface area (Å²) in [4.78, 5) is 54.4. The fourth-order valence-electron chi connectivity index (χ4n) is 7.23. The molecule has 1 fully saturated rings. The molecule has 1 saturated heterocycles. The monoisotopic (exact) mass is 737 g/mol. The number of pyridine rings is 1. The number of ether oxygens (including phenoxy) is 1. The summed E-state index contributed by atoms with van der Waals surface area (Å²) in [5.41, 5.74) is 0.862. The number of imidazole rings is 1. The predicted molar refractivity (Wildman–Crippen MR) is 183 cm³/mol. The minimum absolute atomic E-state index is 0.00536. The first-order chi connectivity index (χ1) is 24.9. The fourth-order valence-corrected chi connectivity index (χ4v) is 7.46. The van der Waals surface area contributed by atoms with Crippen molar-refractivity contribution in [1.82, 2.24) is 33.4 Å². The van der Waals surface area contributed by atoms with E-state index >= 15 is 0 Å². The fraction of sp³-hybridized carbons (Fsp3) is 0.353. The van der Waals surface area contributed by atoms with Crippen LogP contribution in [0, 0.1) is 0 Å². The molecule has 0 aliphatic carbocycles. The molecule has 2 atom stereocenters. The first-order valence-corrected chi connectivity index (χ1v) is 17.0. The van der Waals surface area contributed by atoms with Gasteiger partial charge in [0.15, 0.2) is 11.5 Å². The van der Waals surface area contributed by atoms with Gasteiger partial charge in [-0.2, -0.15) is 22.7 Å². The standard InChI is InChI=1S/C34H31ClF3N9O5/c1-18-16-23(30(49)40-22-3-2-20(17-21(22)35)34(36,37)38)46-26(18)28(32(51)47-33(46)41-29(42-47)19-6-14-52-15-7-19)43-10-12-44(13-11-43)31(50)27-24(48)4-5-25-39-8-9-45(25)27/h2-6,8-9,17-18,23,48H,7,10-16H2,1H3,(H,40,49). The second-order valence-electron chi connectivity index (χ2n) is 12.9. The number of amides is 2. The van der Waals surface area contributed by atoms with Gasteiger partial charge in [0.25, 0.3) is 11.5 Å². The van der Waals surface area contributed by atoms with Crippen molar-refractivity contribution in [3.8, 4) is 5.75 Å². The van der Waals surface area contributed by atoms with Gasteiger partial charge in [-0.15, -0.1) is 5.10 Å². The molecular weight excluding hydrogens is 707 g/mol. The number of piperazine rings is 1. The number of aromatic nitrogens is 6. The average molecular weight is 738 g/mol. The Morgan fingerprint density at radius 1 is 1.12 bits per heavy atom. The number of rotatable bonds is 5. The third-order valence-corrected chi connectivity index (χ3v) is 10.1. The van der Waals surface area contributed by atoms with Crippen molar-refractivity contribution >= 4 is 51.8 Å². The number of hydrogen-bond donors (Lipinski definition) is 2. The van der Waals surface area contributed by atoms with E-state index in [-0.39, 0.29) is 66.4 Å². The molecule has 0 saturated carbocycles. The average Bonchev–Trinajstić information content (AvgIpc) is 3.87. The SMILES string of the molecule is CC1CC(C(=O)Nc2ccc(C(F)(F)F)cc2Cl)n2c1c(N1CCN(C(=O)c3c(O)ccc4nccn34)CC1)c(=O)n1nc(C3=CCOCC3)nc21. The molecule has 1 aromatic carbocycles. The van der Waals surface area contributed by atoms with Crippen molar-refractivity contribution in [2.75, 3.05) is 49.6 Å². The van der Waals surface area contributed by atoms with Crippen LogP contribution < -0.4 is 15.8 Å². The van der Waals surface area contributed by atoms with Crippen molar-refractivity contribution in [2.24, 2.45) is 0 Å². The van der Waals surface area contributed by atoms with Gasteiger partial charge < -0.3 is 25.0 Å². The Hall–Kier alpha value is -5.42. The van der Waals surface area contributed by atoms with Crippen LogP contribution in [0.1, 0.15) is 59.3 Å². The lowest BCUT2D eigenvalue weighted by molar-refractivity contribution is -0.137. The lowest BCUT2D eigenvalue weighted by Crippen LogP contribution is -2.51. The maximum absolute atomic E-state index is 14.4. The van der Waals surface area contributed by atoms with Crippen LogP contribution in [-0.2, 0) is 15.7 Å². The maximum atomic E-state index is 14.4. The minimum Gasteiger partial charge on any atom is -0.506 e. The summed E-state index contributed by atoms with van der Waals surface area (Å²) in [6.07, 6.45) is 1.14. The Balaban J connectivity index is 1.16. The maximum Gasteiger partial charge on any atom is 0.416 e. The summed E-state index contributed by atoms with van der Waals surface area (Å²) in [6, 6.07) is 4.81. The number of anilines is 2. The van der Waals surface area contributed by atoms with Crippen LogP contribution in [-0.4, -0.2) is 89.8 Å². The molecule has 0 bridgehead atoms. The van der Waals surface area contributed by atoms with E-state index < -0.39 is 35.2 Å². The van der Waals surface area contributed by atoms with Crippen molar-refractivity contribution in [3.63, 3.8) is 0 Å². The summed E-state index contributed by atoms with van der Waals surface area (Å²) in [5.74, 6) is -0.993. The van der Waals surface area contributed by atoms with Crippen LogP contribution in [0.4, 0.5) is 24.5 Å². The zero-order valence-electron chi connectivity index (χ0n) is 27.6. The third-order valence-electron chi connectivity index (χ3n) is 9.79. The van der Waals surface area contributed by atoms with E-state index in [9.17, 15) is 32.7 Å². The quantitative estimate of drug-likeness (QED) is 0.268. The molecular formula is C34H31ClF3N9O5. The topological polar surface area (TPSA) is 152 Å². The Bertz CT molecular complexity index is 2360. The Kier molecular flexibility index (Phi) is 8.21. The number of hydrogen-bond acceptors (Lipinski definition) is 9. The van der Waals surface area contributed by atoms with E-state index in [1.165, 1.54) is 21.2 Å². The second-order valence-corrected chi connectivity index (χ2v) is 13.4. The molecule has 2 amide bonds. The number of aromatic hydroxyl groups is 1. The summed E-state index contributed by atoms with van der Waals surface area (Å²) in [7, 11) is 0. The lowest BCUT2D eigenvalue weighted by atomic mass is 10.0. The van der Waals surface area contributed by atoms with Crippen LogP contribution in [0.2, 0.25) is 5.02 Å². The van der Waals surface area contributed by atoms with Crippen LogP contribution in [0.5, 0.6) is 5.75 Å². The zero-order valence-corrected chi connectivity index (χ0v) is 28.4. The molecule has 2 N–H and O–H groups in total. The zero-order chi connectivity index (χ0) is 36.5. The molecule has 2 unspecified atom stereocenters. The molecule has 14 nitrogen and oxygen atoms in total. The van der Waals surface area contributed by atoms with Gasteiger partial charge in [-0.1, -0.05) is 24.6 Å². The first kappa shape index (κ1) is 33.7. The van der Waals surface area contributed by atoms with Gasteiger partial charge in [0.2, 0.25) is 11.7 Å². The third kappa shape index (κ3) is 5.63. The highest BCUT2D eigenvalue weighted by Gasteiger charge is 2.41. The number of carbonyl (C=O) groups excluding carboxylic acids is 2. The molecule has 3 aliphatic rings. The van der Waals surface area contributed by atoms with E-state index in [1.807, 2.05) is 17.9 Å². The number of benzene rings is 1. The Labute approximate surface area is 297 Å². The summed E-state index contributed by atoms with van der Waals surface area (Å²) >= 11 is 6.19. The van der Waals surface area contributed by atoms with Crippen LogP contribution in [0.25, 0.3) is 17.0 Å². The first-order valence-electron chi connectivity index (χ1n) is 16.6. The number of carbonyl (C=O) groups is 2. The van der Waals surface area contributed by atoms with Gasteiger partial charge in [-0.05, 0) is 48.7 Å². The van der Waals surface area contributed by atoms with Crippen molar-refractivity contribution in [1.29, 1.82) is 0 Å². The predicted octanol–water partition coefficient (Wildman–Crippen LogP) is 4.37. The molecule has 0 radical (unpaired) electrons. The van der Waals surface area contributed by atoms with Gasteiger partial charge in [0.1, 0.15) is 23.1 Å². The summed E-state index contributed by atoms with van der Waals surface area (Å²) < 4.78 is 49.7. The van der Waals surface area contributed by atoms with Crippen LogP contribution in [0.3, 0.4) is 0 Å².